The van der Waals surface area contributed by atoms with Crippen LogP contribution in [0.3, 0.4) is 0 Å². The van der Waals surface area contributed by atoms with E-state index in [1.165, 1.54) is 39.9 Å². The van der Waals surface area contributed by atoms with Gasteiger partial charge in [0.2, 0.25) is 10.0 Å². The van der Waals surface area contributed by atoms with Gasteiger partial charge in [-0.25, -0.2) is 13.4 Å². The van der Waals surface area contributed by atoms with Gasteiger partial charge in [-0.2, -0.15) is 4.31 Å². The zero-order valence-corrected chi connectivity index (χ0v) is 20.6. The van der Waals surface area contributed by atoms with Crippen LogP contribution in [-0.2, 0) is 10.0 Å². The first kappa shape index (κ1) is 23.6. The lowest BCUT2D eigenvalue weighted by Crippen LogP contribution is -2.31. The van der Waals surface area contributed by atoms with Gasteiger partial charge < -0.3 is 0 Å². The normalized spacial score (nSPS) is 11.6. The van der Waals surface area contributed by atoms with Crippen molar-refractivity contribution in [1.82, 2.24) is 9.29 Å². The second-order valence-electron chi connectivity index (χ2n) is 6.87. The van der Waals surface area contributed by atoms with Gasteiger partial charge in [0.05, 0.1) is 10.6 Å². The molecule has 0 atom stereocenters. The van der Waals surface area contributed by atoms with Crippen molar-refractivity contribution in [2.24, 2.45) is 0 Å². The monoisotopic (exact) mass is 521 g/mol. The summed E-state index contributed by atoms with van der Waals surface area (Å²) in [5.74, 6) is -0.334. The van der Waals surface area contributed by atoms with E-state index in [9.17, 15) is 13.2 Å². The first-order chi connectivity index (χ1) is 14.8. The summed E-state index contributed by atoms with van der Waals surface area (Å²) in [6.45, 7) is 4.75. The fourth-order valence-corrected chi connectivity index (χ4v) is 5.43. The van der Waals surface area contributed by atoms with Crippen LogP contribution in [0.25, 0.3) is 11.3 Å². The number of aromatic nitrogens is 1. The molecule has 0 spiro atoms. The SMILES string of the molecule is CCCCN(CC)S(=O)(=O)c1ccc(C(=O)Nc2nc(-c3ccc(Br)cc3)cs2)cc1. The predicted octanol–water partition coefficient (Wildman–Crippen LogP) is 5.64. The first-order valence-corrected chi connectivity index (χ1v) is 13.1. The number of nitrogens with one attached hydrogen (secondary N) is 1. The standard InChI is InChI=1S/C22H24BrN3O3S2/c1-3-5-14-26(4-2)31(28,29)19-12-8-17(9-13-19)21(27)25-22-24-20(15-30-22)16-6-10-18(23)11-7-16/h6-13,15H,3-5,14H2,1-2H3,(H,24,25,27). The molecule has 0 radical (unpaired) electrons. The average Bonchev–Trinajstić information content (AvgIpc) is 3.23. The minimum atomic E-state index is -3.57. The molecule has 0 fully saturated rings. The minimum Gasteiger partial charge on any atom is -0.298 e. The van der Waals surface area contributed by atoms with Crippen LogP contribution in [0.15, 0.2) is 63.3 Å². The number of anilines is 1. The van der Waals surface area contributed by atoms with Gasteiger partial charge in [0.1, 0.15) is 0 Å². The summed E-state index contributed by atoms with van der Waals surface area (Å²) in [6.07, 6.45) is 1.73. The molecule has 3 aromatic rings. The second kappa shape index (κ2) is 10.5. The molecule has 0 unspecified atom stereocenters. The summed E-state index contributed by atoms with van der Waals surface area (Å²) >= 11 is 4.74. The number of thiazole rings is 1. The van der Waals surface area contributed by atoms with Crippen molar-refractivity contribution in [3.63, 3.8) is 0 Å². The van der Waals surface area contributed by atoms with E-state index in [0.29, 0.717) is 23.8 Å². The van der Waals surface area contributed by atoms with Crippen LogP contribution in [0.1, 0.15) is 37.0 Å². The third-order valence-corrected chi connectivity index (χ3v) is 8.01. The van der Waals surface area contributed by atoms with Crippen LogP contribution in [0.2, 0.25) is 0 Å². The zero-order valence-electron chi connectivity index (χ0n) is 17.3. The van der Waals surface area contributed by atoms with Gasteiger partial charge in [0.15, 0.2) is 5.13 Å². The Hall–Kier alpha value is -2.07. The van der Waals surface area contributed by atoms with Crippen molar-refractivity contribution in [3.8, 4) is 11.3 Å². The zero-order chi connectivity index (χ0) is 22.4. The maximum Gasteiger partial charge on any atom is 0.257 e. The highest BCUT2D eigenvalue weighted by Crippen LogP contribution is 2.26. The smallest absolute Gasteiger partial charge is 0.257 e. The summed E-state index contributed by atoms with van der Waals surface area (Å²) in [5.41, 5.74) is 2.11. The number of amides is 1. The van der Waals surface area contributed by atoms with Crippen molar-refractivity contribution in [2.45, 2.75) is 31.6 Å². The summed E-state index contributed by atoms with van der Waals surface area (Å²) < 4.78 is 28.1. The van der Waals surface area contributed by atoms with Gasteiger partial charge >= 0.3 is 0 Å². The first-order valence-electron chi connectivity index (χ1n) is 9.98. The van der Waals surface area contributed by atoms with E-state index in [0.717, 1.165) is 28.6 Å². The molecule has 0 saturated heterocycles. The minimum absolute atomic E-state index is 0.189. The Morgan fingerprint density at radius 3 is 2.39 bits per heavy atom. The van der Waals surface area contributed by atoms with Crippen LogP contribution >= 0.6 is 27.3 Å². The van der Waals surface area contributed by atoms with Gasteiger partial charge in [-0.15, -0.1) is 11.3 Å². The van der Waals surface area contributed by atoms with Crippen molar-refractivity contribution >= 4 is 48.3 Å². The number of nitrogens with zero attached hydrogens (tertiary/aromatic N) is 2. The Morgan fingerprint density at radius 2 is 1.77 bits per heavy atom. The molecule has 1 amide bonds. The lowest BCUT2D eigenvalue weighted by molar-refractivity contribution is 0.102. The largest absolute Gasteiger partial charge is 0.298 e. The van der Waals surface area contributed by atoms with E-state index >= 15 is 0 Å². The molecule has 6 nitrogen and oxygen atoms in total. The Labute approximate surface area is 195 Å². The summed E-state index contributed by atoms with van der Waals surface area (Å²) in [6, 6.07) is 13.8. The Kier molecular flexibility index (Phi) is 7.99. The fourth-order valence-electron chi connectivity index (χ4n) is 2.96. The maximum atomic E-state index is 12.8. The van der Waals surface area contributed by atoms with E-state index < -0.39 is 10.0 Å². The Balaban J connectivity index is 1.70. The van der Waals surface area contributed by atoms with Gasteiger partial charge in [0.25, 0.3) is 5.91 Å². The van der Waals surface area contributed by atoms with Crippen molar-refractivity contribution in [3.05, 3.63) is 63.9 Å². The third kappa shape index (κ3) is 5.79. The summed E-state index contributed by atoms with van der Waals surface area (Å²) in [5, 5.41) is 5.14. The molecule has 0 aliphatic heterocycles. The van der Waals surface area contributed by atoms with Crippen LogP contribution < -0.4 is 5.32 Å². The number of hydrogen-bond acceptors (Lipinski definition) is 5. The number of carbonyl (C=O) groups is 1. The average molecular weight is 522 g/mol. The molecular formula is C22H24BrN3O3S2. The number of unbranched alkanes of at least 4 members (excludes halogenated alkanes) is 1. The fraction of sp³-hybridized carbons (Fsp3) is 0.273. The van der Waals surface area contributed by atoms with Crippen LogP contribution in [0.5, 0.6) is 0 Å². The molecule has 2 aromatic carbocycles. The lowest BCUT2D eigenvalue weighted by Gasteiger charge is -2.20. The summed E-state index contributed by atoms with van der Waals surface area (Å²) in [4.78, 5) is 17.2. The number of benzene rings is 2. The number of rotatable bonds is 9. The van der Waals surface area contributed by atoms with E-state index in [1.54, 1.807) is 0 Å². The van der Waals surface area contributed by atoms with Crippen molar-refractivity contribution in [2.75, 3.05) is 18.4 Å². The van der Waals surface area contributed by atoms with Gasteiger partial charge in [-0.1, -0.05) is 48.3 Å². The molecule has 1 heterocycles. The third-order valence-electron chi connectivity index (χ3n) is 4.73. The number of sulfonamides is 1. The second-order valence-corrected chi connectivity index (χ2v) is 10.6. The lowest BCUT2D eigenvalue weighted by atomic mass is 10.2. The van der Waals surface area contributed by atoms with Gasteiger partial charge in [-0.3, -0.25) is 10.1 Å². The number of carbonyl (C=O) groups excluding carboxylic acids is 1. The molecule has 164 valence electrons. The highest BCUT2D eigenvalue weighted by Gasteiger charge is 2.22. The Morgan fingerprint density at radius 1 is 1.10 bits per heavy atom. The van der Waals surface area contributed by atoms with E-state index in [2.05, 4.69) is 26.2 Å². The highest BCUT2D eigenvalue weighted by atomic mass is 79.9. The van der Waals surface area contributed by atoms with Gasteiger partial charge in [0, 0.05) is 34.1 Å². The number of halogens is 1. The van der Waals surface area contributed by atoms with E-state index in [1.807, 2.05) is 43.5 Å². The highest BCUT2D eigenvalue weighted by molar-refractivity contribution is 9.10. The van der Waals surface area contributed by atoms with Crippen molar-refractivity contribution in [1.29, 1.82) is 0 Å². The van der Waals surface area contributed by atoms with Crippen LogP contribution in [0, 0.1) is 0 Å². The maximum absolute atomic E-state index is 12.8. The summed E-state index contributed by atoms with van der Waals surface area (Å²) in [7, 11) is -3.57. The van der Waals surface area contributed by atoms with E-state index in [4.69, 9.17) is 0 Å². The van der Waals surface area contributed by atoms with Crippen LogP contribution in [-0.4, -0.2) is 36.7 Å². The molecule has 0 bridgehead atoms. The molecule has 9 heteroatoms. The predicted molar refractivity (Wildman–Crippen MR) is 129 cm³/mol. The molecule has 3 rings (SSSR count). The molecule has 1 aromatic heterocycles. The van der Waals surface area contributed by atoms with Crippen LogP contribution in [0.4, 0.5) is 5.13 Å². The topological polar surface area (TPSA) is 79.4 Å². The quantitative estimate of drug-likeness (QED) is 0.395. The molecular weight excluding hydrogens is 498 g/mol. The molecule has 1 N–H and O–H groups in total. The van der Waals surface area contributed by atoms with E-state index in [-0.39, 0.29) is 10.8 Å². The molecule has 0 aliphatic rings. The molecule has 0 saturated carbocycles. The van der Waals surface area contributed by atoms with Crippen molar-refractivity contribution < 1.29 is 13.2 Å². The van der Waals surface area contributed by atoms with Gasteiger partial charge in [-0.05, 0) is 42.8 Å². The Bertz CT molecular complexity index is 1130. The molecule has 0 aliphatic carbocycles. The number of hydrogen-bond donors (Lipinski definition) is 1. The molecule has 31 heavy (non-hydrogen) atoms.